The molecule has 1 aromatic heterocycles. The van der Waals surface area contributed by atoms with Crippen LogP contribution < -0.4 is 10.1 Å². The van der Waals surface area contributed by atoms with Gasteiger partial charge in [0.1, 0.15) is 12.3 Å². The van der Waals surface area contributed by atoms with Crippen LogP contribution in [-0.2, 0) is 4.79 Å². The zero-order valence-corrected chi connectivity index (χ0v) is 16.6. The third-order valence-corrected chi connectivity index (χ3v) is 5.38. The average molecular weight is 407 g/mol. The number of carbonyl (C=O) groups is 3. The molecule has 3 aromatic rings. The van der Waals surface area contributed by atoms with Crippen molar-refractivity contribution in [1.82, 2.24) is 9.88 Å². The smallest absolute Gasteiger partial charge is 0.262 e. The molecule has 0 saturated carbocycles. The molecule has 4 rings (SSSR count). The van der Waals surface area contributed by atoms with Gasteiger partial charge in [-0.1, -0.05) is 12.1 Å². The van der Waals surface area contributed by atoms with Crippen LogP contribution in [0.3, 0.4) is 0 Å². The quantitative estimate of drug-likeness (QED) is 0.655. The number of carbonyl (C=O) groups excluding carboxylic acids is 3. The van der Waals surface area contributed by atoms with Gasteiger partial charge in [-0.3, -0.25) is 19.3 Å². The Hall–Kier alpha value is -3.52. The second-order valence-corrected chi connectivity index (χ2v) is 7.37. The first-order chi connectivity index (χ1) is 14.0. The molecule has 1 aliphatic rings. The van der Waals surface area contributed by atoms with E-state index >= 15 is 0 Å². The maximum atomic E-state index is 12.4. The zero-order valence-electron chi connectivity index (χ0n) is 15.8. The fraction of sp³-hybridized carbons (Fsp3) is 0.143. The summed E-state index contributed by atoms with van der Waals surface area (Å²) in [5, 5.41) is 4.89. The molecule has 0 fully saturated rings. The first-order valence-electron chi connectivity index (χ1n) is 8.83. The van der Waals surface area contributed by atoms with E-state index in [9.17, 15) is 14.4 Å². The van der Waals surface area contributed by atoms with Crippen molar-refractivity contribution in [3.8, 4) is 17.0 Å². The van der Waals surface area contributed by atoms with Crippen LogP contribution in [0.4, 0.5) is 5.13 Å². The number of anilines is 1. The molecule has 0 atom stereocenters. The normalized spacial score (nSPS) is 12.8. The van der Waals surface area contributed by atoms with Crippen LogP contribution in [0.1, 0.15) is 26.3 Å². The maximum Gasteiger partial charge on any atom is 0.262 e. The van der Waals surface area contributed by atoms with Gasteiger partial charge in [0.05, 0.1) is 23.9 Å². The molecule has 3 amide bonds. The van der Waals surface area contributed by atoms with Gasteiger partial charge in [-0.2, -0.15) is 0 Å². The largest absolute Gasteiger partial charge is 0.496 e. The number of thiazole rings is 1. The van der Waals surface area contributed by atoms with Crippen molar-refractivity contribution in [2.24, 2.45) is 0 Å². The lowest BCUT2D eigenvalue weighted by Gasteiger charge is -2.12. The minimum atomic E-state index is -0.480. The SMILES string of the molecule is COc1ccc(-c2csc(NC(=O)CN3C(=O)c4ccccc4C3=O)n2)cc1C. The predicted molar refractivity (Wildman–Crippen MR) is 109 cm³/mol. The Morgan fingerprint density at radius 3 is 2.45 bits per heavy atom. The summed E-state index contributed by atoms with van der Waals surface area (Å²) in [6.07, 6.45) is 0. The number of ether oxygens (including phenoxy) is 1. The minimum Gasteiger partial charge on any atom is -0.496 e. The molecule has 7 nitrogen and oxygen atoms in total. The molecule has 0 aliphatic carbocycles. The highest BCUT2D eigenvalue weighted by Crippen LogP contribution is 2.29. The second kappa shape index (κ2) is 7.48. The van der Waals surface area contributed by atoms with Gasteiger partial charge in [0.15, 0.2) is 5.13 Å². The number of aromatic nitrogens is 1. The lowest BCUT2D eigenvalue weighted by molar-refractivity contribution is -0.116. The molecular formula is C21H17N3O4S. The number of rotatable bonds is 5. The van der Waals surface area contributed by atoms with E-state index in [-0.39, 0.29) is 6.54 Å². The van der Waals surface area contributed by atoms with Crippen molar-refractivity contribution in [1.29, 1.82) is 0 Å². The molecule has 0 radical (unpaired) electrons. The Morgan fingerprint density at radius 1 is 1.14 bits per heavy atom. The summed E-state index contributed by atoms with van der Waals surface area (Å²) < 4.78 is 5.26. The van der Waals surface area contributed by atoms with Gasteiger partial charge in [0, 0.05) is 10.9 Å². The van der Waals surface area contributed by atoms with Gasteiger partial charge in [-0.15, -0.1) is 11.3 Å². The summed E-state index contributed by atoms with van der Waals surface area (Å²) in [5.74, 6) is -0.617. The van der Waals surface area contributed by atoms with E-state index in [0.717, 1.165) is 27.5 Å². The number of amides is 3. The van der Waals surface area contributed by atoms with Gasteiger partial charge in [0.25, 0.3) is 11.8 Å². The van der Waals surface area contributed by atoms with Crippen molar-refractivity contribution in [3.63, 3.8) is 0 Å². The van der Waals surface area contributed by atoms with E-state index in [4.69, 9.17) is 4.74 Å². The Balaban J connectivity index is 1.45. The van der Waals surface area contributed by atoms with Gasteiger partial charge >= 0.3 is 0 Å². The molecule has 0 saturated heterocycles. The highest BCUT2D eigenvalue weighted by molar-refractivity contribution is 7.14. The number of aryl methyl sites for hydroxylation is 1. The van der Waals surface area contributed by atoms with Crippen LogP contribution in [0.5, 0.6) is 5.75 Å². The van der Waals surface area contributed by atoms with Crippen LogP contribution in [0.2, 0.25) is 0 Å². The standard InChI is InChI=1S/C21H17N3O4S/c1-12-9-13(7-8-17(12)28-2)16-11-29-21(22-16)23-18(25)10-24-19(26)14-5-3-4-6-15(14)20(24)27/h3-9,11H,10H2,1-2H3,(H,22,23,25). The topological polar surface area (TPSA) is 88.6 Å². The molecule has 29 heavy (non-hydrogen) atoms. The average Bonchev–Trinajstić information content (AvgIpc) is 3.27. The van der Waals surface area contributed by atoms with Crippen LogP contribution in [0, 0.1) is 6.92 Å². The second-order valence-electron chi connectivity index (χ2n) is 6.51. The maximum absolute atomic E-state index is 12.4. The van der Waals surface area contributed by atoms with Crippen LogP contribution in [-0.4, -0.2) is 41.3 Å². The molecule has 0 bridgehead atoms. The number of methoxy groups -OCH3 is 1. The Morgan fingerprint density at radius 2 is 1.83 bits per heavy atom. The van der Waals surface area contributed by atoms with E-state index < -0.39 is 17.7 Å². The number of imide groups is 1. The van der Waals surface area contributed by atoms with Crippen molar-refractivity contribution < 1.29 is 19.1 Å². The lowest BCUT2D eigenvalue weighted by atomic mass is 10.1. The number of benzene rings is 2. The van der Waals surface area contributed by atoms with Crippen molar-refractivity contribution in [2.45, 2.75) is 6.92 Å². The Labute approximate surface area is 170 Å². The summed E-state index contributed by atoms with van der Waals surface area (Å²) in [4.78, 5) is 42.5. The highest BCUT2D eigenvalue weighted by atomic mass is 32.1. The van der Waals surface area contributed by atoms with E-state index in [0.29, 0.717) is 16.3 Å². The Kier molecular flexibility index (Phi) is 4.85. The van der Waals surface area contributed by atoms with Crippen molar-refractivity contribution >= 4 is 34.2 Å². The fourth-order valence-electron chi connectivity index (χ4n) is 3.19. The third kappa shape index (κ3) is 3.50. The third-order valence-electron chi connectivity index (χ3n) is 4.62. The van der Waals surface area contributed by atoms with Crippen molar-refractivity contribution in [3.05, 3.63) is 64.5 Å². The fourth-order valence-corrected chi connectivity index (χ4v) is 3.92. The van der Waals surface area contributed by atoms with E-state index in [1.165, 1.54) is 11.3 Å². The number of hydrogen-bond donors (Lipinski definition) is 1. The van der Waals surface area contributed by atoms with E-state index in [1.54, 1.807) is 31.4 Å². The van der Waals surface area contributed by atoms with E-state index in [2.05, 4.69) is 10.3 Å². The highest BCUT2D eigenvalue weighted by Gasteiger charge is 2.36. The molecule has 8 heteroatoms. The predicted octanol–water partition coefficient (Wildman–Crippen LogP) is 3.36. The summed E-state index contributed by atoms with van der Waals surface area (Å²) in [6.45, 7) is 1.59. The molecule has 0 spiro atoms. The number of nitrogens with one attached hydrogen (secondary N) is 1. The number of fused-ring (bicyclic) bond motifs is 1. The van der Waals surface area contributed by atoms with Crippen molar-refractivity contribution in [2.75, 3.05) is 19.0 Å². The molecule has 2 heterocycles. The molecule has 1 N–H and O–H groups in total. The van der Waals surface area contributed by atoms with Gasteiger partial charge in [-0.25, -0.2) is 4.98 Å². The van der Waals surface area contributed by atoms with Gasteiger partial charge in [-0.05, 0) is 42.8 Å². The van der Waals surface area contributed by atoms with Crippen LogP contribution in [0.25, 0.3) is 11.3 Å². The summed E-state index contributed by atoms with van der Waals surface area (Å²) in [6, 6.07) is 12.3. The molecule has 2 aromatic carbocycles. The zero-order chi connectivity index (χ0) is 20.5. The molecular weight excluding hydrogens is 390 g/mol. The summed E-state index contributed by atoms with van der Waals surface area (Å²) >= 11 is 1.27. The summed E-state index contributed by atoms with van der Waals surface area (Å²) in [5.41, 5.74) is 3.24. The first kappa shape index (κ1) is 18.8. The van der Waals surface area contributed by atoms with Crippen LogP contribution >= 0.6 is 11.3 Å². The number of hydrogen-bond acceptors (Lipinski definition) is 6. The van der Waals surface area contributed by atoms with Gasteiger partial charge < -0.3 is 10.1 Å². The Bertz CT molecular complexity index is 1100. The first-order valence-corrected chi connectivity index (χ1v) is 9.71. The monoisotopic (exact) mass is 407 g/mol. The lowest BCUT2D eigenvalue weighted by Crippen LogP contribution is -2.37. The van der Waals surface area contributed by atoms with E-state index in [1.807, 2.05) is 30.5 Å². The molecule has 146 valence electrons. The molecule has 1 aliphatic heterocycles. The summed E-state index contributed by atoms with van der Waals surface area (Å²) in [7, 11) is 1.62. The minimum absolute atomic E-state index is 0.316. The van der Waals surface area contributed by atoms with Crippen LogP contribution in [0.15, 0.2) is 47.8 Å². The number of nitrogens with zero attached hydrogens (tertiary/aromatic N) is 2. The van der Waals surface area contributed by atoms with Gasteiger partial charge in [0.2, 0.25) is 5.91 Å². The molecule has 0 unspecified atom stereocenters.